The van der Waals surface area contributed by atoms with Gasteiger partial charge in [0.1, 0.15) is 17.8 Å². The van der Waals surface area contributed by atoms with Gasteiger partial charge in [0.05, 0.1) is 6.04 Å². The first kappa shape index (κ1) is 35.4. The third kappa shape index (κ3) is 6.83. The summed E-state index contributed by atoms with van der Waals surface area (Å²) in [7, 11) is 0. The molecule has 3 heterocycles. The molecule has 0 unspecified atom stereocenters. The fourth-order valence-electron chi connectivity index (χ4n) is 6.94. The average Bonchev–Trinajstić information content (AvgIpc) is 3.72. The van der Waals surface area contributed by atoms with E-state index in [4.69, 9.17) is 19.5 Å². The molecule has 2 atom stereocenters. The number of ether oxygens (including phenoxy) is 2. The van der Waals surface area contributed by atoms with Crippen LogP contribution >= 0.6 is 0 Å². The van der Waals surface area contributed by atoms with E-state index in [1.165, 1.54) is 11.1 Å². The van der Waals surface area contributed by atoms with Crippen LogP contribution in [-0.4, -0.2) is 21.5 Å². The van der Waals surface area contributed by atoms with Crippen molar-refractivity contribution in [3.05, 3.63) is 156 Å². The van der Waals surface area contributed by atoms with E-state index in [1.54, 1.807) is 0 Å². The largest absolute Gasteiger partial charge is 2.00 e. The Labute approximate surface area is 320 Å². The molecule has 52 heavy (non-hydrogen) atoms. The van der Waals surface area contributed by atoms with Gasteiger partial charge in [-0.3, -0.25) is 4.99 Å². The molecule has 6 heteroatoms. The van der Waals surface area contributed by atoms with Crippen molar-refractivity contribution >= 4 is 27.7 Å². The van der Waals surface area contributed by atoms with Crippen LogP contribution < -0.4 is 4.74 Å². The van der Waals surface area contributed by atoms with Crippen molar-refractivity contribution in [1.29, 1.82) is 0 Å². The molecule has 0 fully saturated rings. The van der Waals surface area contributed by atoms with Gasteiger partial charge < -0.3 is 14.0 Å². The minimum Gasteiger partial charge on any atom is -0.510 e. The summed E-state index contributed by atoms with van der Waals surface area (Å²) in [4.78, 5) is 9.98. The van der Waals surface area contributed by atoms with E-state index in [1.807, 2.05) is 54.7 Å². The molecule has 0 radical (unpaired) electrons. The molecular weight excluding hydrogens is 822 g/mol. The second-order valence-corrected chi connectivity index (χ2v) is 14.8. The van der Waals surface area contributed by atoms with Crippen molar-refractivity contribution in [1.82, 2.24) is 9.55 Å². The molecule has 0 saturated heterocycles. The molecule has 1 aliphatic heterocycles. The third-order valence-corrected chi connectivity index (χ3v) is 9.67. The van der Waals surface area contributed by atoms with Gasteiger partial charge in [-0.15, -0.1) is 23.6 Å². The van der Waals surface area contributed by atoms with Gasteiger partial charge in [-0.2, -0.15) is 6.07 Å². The number of rotatable bonds is 7. The van der Waals surface area contributed by atoms with Crippen LogP contribution in [0.4, 0.5) is 0 Å². The van der Waals surface area contributed by atoms with E-state index >= 15 is 0 Å². The van der Waals surface area contributed by atoms with Crippen LogP contribution in [0.2, 0.25) is 0 Å². The molecule has 0 spiro atoms. The van der Waals surface area contributed by atoms with Crippen molar-refractivity contribution in [2.24, 2.45) is 10.9 Å². The number of hydrogen-bond donors (Lipinski definition) is 0. The second-order valence-electron chi connectivity index (χ2n) is 14.8. The molecule has 1 aliphatic rings. The number of aryl methyl sites for hydroxylation is 1. The molecular formula is C46H41N3O2Pt. The van der Waals surface area contributed by atoms with E-state index in [9.17, 15) is 0 Å². The summed E-state index contributed by atoms with van der Waals surface area (Å²) in [6.45, 7) is 13.2. The zero-order chi connectivity index (χ0) is 35.3. The van der Waals surface area contributed by atoms with Crippen molar-refractivity contribution in [3.63, 3.8) is 0 Å². The molecule has 0 bridgehead atoms. The number of pyridine rings is 1. The SMILES string of the molecule is Cc1ccc2c(c1)c1ccc(Oc3[c-]c(C4=N[C@H](C(C)C)[C@H](c5ccccc5)O4)cc(-c4ccccc4)c3)[c-]c1n2-c1cc(C(C)(C)C)ccn1.[Pt+2]. The number of fused-ring (bicyclic) bond motifs is 3. The zero-order valence-corrected chi connectivity index (χ0v) is 32.5. The maximum atomic E-state index is 6.67. The van der Waals surface area contributed by atoms with Crippen LogP contribution in [0.3, 0.4) is 0 Å². The smallest absolute Gasteiger partial charge is 0.510 e. The minimum atomic E-state index is -0.175. The maximum absolute atomic E-state index is 6.67. The van der Waals surface area contributed by atoms with Gasteiger partial charge in [0.15, 0.2) is 0 Å². The van der Waals surface area contributed by atoms with Gasteiger partial charge >= 0.3 is 21.1 Å². The van der Waals surface area contributed by atoms with Gasteiger partial charge in [0, 0.05) is 23.2 Å². The van der Waals surface area contributed by atoms with Crippen LogP contribution in [0, 0.1) is 25.0 Å². The quantitative estimate of drug-likeness (QED) is 0.150. The van der Waals surface area contributed by atoms with E-state index in [0.29, 0.717) is 17.4 Å². The van der Waals surface area contributed by atoms with Crippen molar-refractivity contribution in [3.8, 4) is 28.4 Å². The van der Waals surface area contributed by atoms with Gasteiger partial charge in [0.2, 0.25) is 0 Å². The predicted octanol–water partition coefficient (Wildman–Crippen LogP) is 11.4. The van der Waals surface area contributed by atoms with Crippen LogP contribution in [0.15, 0.2) is 126 Å². The minimum absolute atomic E-state index is 0. The number of aliphatic imine (C=N–C) groups is 1. The molecule has 0 amide bonds. The van der Waals surface area contributed by atoms with Crippen LogP contribution in [-0.2, 0) is 31.2 Å². The van der Waals surface area contributed by atoms with Gasteiger partial charge in [-0.05, 0) is 58.5 Å². The van der Waals surface area contributed by atoms with Gasteiger partial charge in [0.25, 0.3) is 0 Å². The molecule has 8 rings (SSSR count). The monoisotopic (exact) mass is 862 g/mol. The van der Waals surface area contributed by atoms with E-state index < -0.39 is 0 Å². The average molecular weight is 863 g/mol. The number of nitrogens with zero attached hydrogens (tertiary/aromatic N) is 3. The summed E-state index contributed by atoms with van der Waals surface area (Å²) in [6.07, 6.45) is 1.72. The molecule has 2 aromatic heterocycles. The summed E-state index contributed by atoms with van der Waals surface area (Å²) < 4.78 is 15.5. The van der Waals surface area contributed by atoms with Crippen LogP contribution in [0.25, 0.3) is 38.8 Å². The second kappa shape index (κ2) is 14.2. The fourth-order valence-corrected chi connectivity index (χ4v) is 6.94. The summed E-state index contributed by atoms with van der Waals surface area (Å²) >= 11 is 0. The molecule has 262 valence electrons. The Kier molecular flexibility index (Phi) is 9.67. The summed E-state index contributed by atoms with van der Waals surface area (Å²) in [5.41, 5.74) is 8.29. The fraction of sp³-hybridized carbons (Fsp3) is 0.217. The molecule has 0 aliphatic carbocycles. The standard InChI is InChI=1S/C46H41N3O2.Pt/c1-29(2)43-44(32-15-11-8-12-16-32)51-45(48-43)34-24-33(31-13-9-7-10-14-31)25-37(26-34)50-36-18-19-38-39-23-30(3)17-20-40(39)49(41(38)28-36)42-27-35(21-22-47-42)46(4,5)6;/h7-25,27,29,43-44H,1-6H3;/q-2;+2/t43-,44+;/m1./s1. The normalized spacial score (nSPS) is 15.8. The molecule has 0 N–H and O–H groups in total. The van der Waals surface area contributed by atoms with Crippen molar-refractivity contribution in [2.45, 2.75) is 59.1 Å². The molecule has 5 nitrogen and oxygen atoms in total. The van der Waals surface area contributed by atoms with Crippen LogP contribution in [0.5, 0.6) is 11.5 Å². The summed E-state index contributed by atoms with van der Waals surface area (Å²) in [5, 5.41) is 2.24. The third-order valence-electron chi connectivity index (χ3n) is 9.67. The number of hydrogen-bond acceptors (Lipinski definition) is 4. The predicted molar refractivity (Wildman–Crippen MR) is 207 cm³/mol. The van der Waals surface area contributed by atoms with E-state index in [0.717, 1.165) is 49.9 Å². The Morgan fingerprint density at radius 1 is 0.769 bits per heavy atom. The molecule has 5 aromatic carbocycles. The topological polar surface area (TPSA) is 48.6 Å². The Bertz CT molecular complexity index is 2410. The Morgan fingerprint density at radius 2 is 1.52 bits per heavy atom. The summed E-state index contributed by atoms with van der Waals surface area (Å²) in [5.74, 6) is 2.85. The number of aromatic nitrogens is 2. The van der Waals surface area contributed by atoms with E-state index in [-0.39, 0.29) is 44.5 Å². The van der Waals surface area contributed by atoms with Gasteiger partial charge in [-0.25, -0.2) is 4.98 Å². The van der Waals surface area contributed by atoms with Gasteiger partial charge in [-0.1, -0.05) is 142 Å². The zero-order valence-electron chi connectivity index (χ0n) is 30.3. The first-order valence-corrected chi connectivity index (χ1v) is 17.7. The maximum Gasteiger partial charge on any atom is 2.00 e. The molecule has 0 saturated carbocycles. The van der Waals surface area contributed by atoms with Crippen LogP contribution in [0.1, 0.15) is 63.0 Å². The number of benzene rings is 5. The van der Waals surface area contributed by atoms with E-state index in [2.05, 4.69) is 125 Å². The first-order chi connectivity index (χ1) is 24.6. The Hall–Kier alpha value is -4.99. The molecule has 7 aromatic rings. The van der Waals surface area contributed by atoms with Crippen molar-refractivity contribution < 1.29 is 30.5 Å². The summed E-state index contributed by atoms with van der Waals surface area (Å²) in [6, 6.07) is 46.8. The first-order valence-electron chi connectivity index (χ1n) is 17.7. The Morgan fingerprint density at radius 3 is 2.25 bits per heavy atom. The Balaban J connectivity index is 0.00000420. The van der Waals surface area contributed by atoms with Crippen molar-refractivity contribution in [2.75, 3.05) is 0 Å².